The summed E-state index contributed by atoms with van der Waals surface area (Å²) < 4.78 is 3.26. The number of nitrogens with two attached hydrogens (primary N) is 1. The summed E-state index contributed by atoms with van der Waals surface area (Å²) in [4.78, 5) is 14.6. The molecule has 0 saturated carbocycles. The number of hydrogen-bond donors (Lipinski definition) is 4. The topological polar surface area (TPSA) is 119 Å². The molecular formula is C20H23N9S. The molecule has 5 rings (SSSR count). The van der Waals surface area contributed by atoms with Gasteiger partial charge in [-0.25, -0.2) is 15.8 Å². The summed E-state index contributed by atoms with van der Waals surface area (Å²) in [6, 6.07) is 4.59. The zero-order chi connectivity index (χ0) is 20.3. The predicted molar refractivity (Wildman–Crippen MR) is 119 cm³/mol. The number of aromatic nitrogens is 5. The number of pyridine rings is 1. The summed E-state index contributed by atoms with van der Waals surface area (Å²) in [6.07, 6.45) is 11.5. The van der Waals surface area contributed by atoms with Gasteiger partial charge in [0.1, 0.15) is 0 Å². The summed E-state index contributed by atoms with van der Waals surface area (Å²) in [5, 5.41) is 12.4. The quantitative estimate of drug-likeness (QED) is 0.277. The number of piperidine rings is 1. The van der Waals surface area contributed by atoms with Gasteiger partial charge >= 0.3 is 0 Å². The van der Waals surface area contributed by atoms with Crippen LogP contribution in [0.1, 0.15) is 23.8 Å². The lowest BCUT2D eigenvalue weighted by atomic mass is 10.1. The van der Waals surface area contributed by atoms with Crippen LogP contribution in [0.15, 0.2) is 43.1 Å². The van der Waals surface area contributed by atoms with E-state index in [1.54, 1.807) is 17.5 Å². The number of hydrogen-bond acceptors (Lipinski definition) is 9. The second kappa shape index (κ2) is 8.34. The molecule has 30 heavy (non-hydrogen) atoms. The van der Waals surface area contributed by atoms with Gasteiger partial charge in [0.25, 0.3) is 0 Å². The first kappa shape index (κ1) is 18.9. The Morgan fingerprint density at radius 2 is 2.10 bits per heavy atom. The van der Waals surface area contributed by atoms with E-state index in [1.807, 2.05) is 29.3 Å². The van der Waals surface area contributed by atoms with Crippen LogP contribution in [0.4, 0.5) is 11.6 Å². The Bertz CT molecular complexity index is 1110. The molecular weight excluding hydrogens is 398 g/mol. The Kier molecular flexibility index (Phi) is 5.26. The summed E-state index contributed by atoms with van der Waals surface area (Å²) >= 11 is 1.73. The first-order chi connectivity index (χ1) is 14.8. The van der Waals surface area contributed by atoms with Gasteiger partial charge in [-0.1, -0.05) is 0 Å². The van der Waals surface area contributed by atoms with Crippen molar-refractivity contribution < 1.29 is 0 Å². The molecule has 5 heterocycles. The fourth-order valence-electron chi connectivity index (χ4n) is 3.70. The molecule has 154 valence electrons. The second-order valence-corrected chi connectivity index (χ2v) is 8.44. The number of thiophene rings is 1. The summed E-state index contributed by atoms with van der Waals surface area (Å²) in [6.45, 7) is 2.68. The largest absolute Gasteiger partial charge is 0.362 e. The van der Waals surface area contributed by atoms with Gasteiger partial charge in [0.2, 0.25) is 0 Å². The minimum absolute atomic E-state index is 0.429. The van der Waals surface area contributed by atoms with Crippen molar-refractivity contribution in [1.82, 2.24) is 30.0 Å². The fraction of sp³-hybridized carbons (Fsp3) is 0.300. The molecule has 4 aromatic heterocycles. The van der Waals surface area contributed by atoms with Crippen molar-refractivity contribution in [3.05, 3.63) is 48.0 Å². The van der Waals surface area contributed by atoms with Crippen molar-refractivity contribution in [2.24, 2.45) is 5.84 Å². The van der Waals surface area contributed by atoms with Crippen LogP contribution < -0.4 is 21.9 Å². The van der Waals surface area contributed by atoms with E-state index in [0.29, 0.717) is 24.2 Å². The van der Waals surface area contributed by atoms with Crippen molar-refractivity contribution in [3.63, 3.8) is 0 Å². The van der Waals surface area contributed by atoms with Crippen LogP contribution in [0.3, 0.4) is 0 Å². The predicted octanol–water partition coefficient (Wildman–Crippen LogP) is 2.77. The Balaban J connectivity index is 1.36. The SMILES string of the molecule is NNc1ncc(-c2cnn(C3CCNCC3)c2)nc1NCc1cc2cnccc2s1. The summed E-state index contributed by atoms with van der Waals surface area (Å²) in [7, 11) is 0. The maximum Gasteiger partial charge on any atom is 0.183 e. The number of fused-ring (bicyclic) bond motifs is 1. The molecule has 1 aliphatic heterocycles. The average molecular weight is 422 g/mol. The number of nitrogens with one attached hydrogen (secondary N) is 3. The molecule has 4 aromatic rings. The summed E-state index contributed by atoms with van der Waals surface area (Å²) in [5.74, 6) is 6.77. The van der Waals surface area contributed by atoms with Crippen LogP contribution in [0.25, 0.3) is 21.3 Å². The molecule has 0 aliphatic carbocycles. The van der Waals surface area contributed by atoms with Crippen LogP contribution in [0.5, 0.6) is 0 Å². The van der Waals surface area contributed by atoms with Gasteiger partial charge in [-0.3, -0.25) is 9.67 Å². The standard InChI is InChI=1S/C20H23N9S/c21-28-20-19(24-10-16-7-13-8-23-6-3-18(13)30-16)27-17(11-25-20)14-9-26-29(12-14)15-1-4-22-5-2-15/h3,6-9,11-12,15,22H,1-2,4-5,10,21H2,(H,24,27)(H,25,28). The van der Waals surface area contributed by atoms with Crippen LogP contribution in [-0.2, 0) is 6.54 Å². The molecule has 0 unspecified atom stereocenters. The Morgan fingerprint density at radius 3 is 2.93 bits per heavy atom. The van der Waals surface area contributed by atoms with Crippen LogP contribution in [-0.4, -0.2) is 37.8 Å². The Hall–Kier alpha value is -3.08. The minimum atomic E-state index is 0.429. The average Bonchev–Trinajstić information content (AvgIpc) is 3.45. The third-order valence-corrected chi connectivity index (χ3v) is 6.40. The van der Waals surface area contributed by atoms with Gasteiger partial charge < -0.3 is 16.1 Å². The van der Waals surface area contributed by atoms with E-state index in [-0.39, 0.29) is 0 Å². The van der Waals surface area contributed by atoms with E-state index < -0.39 is 0 Å². The Labute approximate surface area is 177 Å². The number of nitrogens with zero attached hydrogens (tertiary/aromatic N) is 5. The lowest BCUT2D eigenvalue weighted by Crippen LogP contribution is -2.29. The van der Waals surface area contributed by atoms with Crippen molar-refractivity contribution >= 4 is 33.1 Å². The van der Waals surface area contributed by atoms with Gasteiger partial charge in [0.15, 0.2) is 11.6 Å². The third kappa shape index (κ3) is 3.84. The highest BCUT2D eigenvalue weighted by atomic mass is 32.1. The van der Waals surface area contributed by atoms with Crippen molar-refractivity contribution in [3.8, 4) is 11.3 Å². The van der Waals surface area contributed by atoms with E-state index in [2.05, 4.69) is 43.4 Å². The molecule has 0 spiro atoms. The van der Waals surface area contributed by atoms with E-state index in [9.17, 15) is 0 Å². The molecule has 10 heteroatoms. The molecule has 1 fully saturated rings. The van der Waals surface area contributed by atoms with Crippen molar-refractivity contribution in [2.75, 3.05) is 23.8 Å². The fourth-order valence-corrected chi connectivity index (χ4v) is 4.67. The first-order valence-corrected chi connectivity index (χ1v) is 10.8. The van der Waals surface area contributed by atoms with Crippen molar-refractivity contribution in [1.29, 1.82) is 0 Å². The Morgan fingerprint density at radius 1 is 1.20 bits per heavy atom. The molecule has 0 bridgehead atoms. The molecule has 0 amide bonds. The molecule has 0 radical (unpaired) electrons. The van der Waals surface area contributed by atoms with Gasteiger partial charge in [0.05, 0.1) is 30.7 Å². The molecule has 9 nitrogen and oxygen atoms in total. The molecule has 5 N–H and O–H groups in total. The van der Waals surface area contributed by atoms with Gasteiger partial charge in [0, 0.05) is 39.1 Å². The van der Waals surface area contributed by atoms with Gasteiger partial charge in [-0.05, 0) is 38.1 Å². The van der Waals surface area contributed by atoms with Crippen LogP contribution >= 0.6 is 11.3 Å². The lowest BCUT2D eigenvalue weighted by Gasteiger charge is -2.22. The number of nitrogen functional groups attached to an aromatic ring is 1. The van der Waals surface area contributed by atoms with Gasteiger partial charge in [-0.15, -0.1) is 11.3 Å². The minimum Gasteiger partial charge on any atom is -0.362 e. The second-order valence-electron chi connectivity index (χ2n) is 7.27. The van der Waals surface area contributed by atoms with E-state index in [1.165, 1.54) is 9.58 Å². The van der Waals surface area contributed by atoms with E-state index >= 15 is 0 Å². The molecule has 1 aliphatic rings. The number of anilines is 2. The lowest BCUT2D eigenvalue weighted by molar-refractivity contribution is 0.343. The zero-order valence-electron chi connectivity index (χ0n) is 16.4. The number of rotatable bonds is 6. The van der Waals surface area contributed by atoms with Gasteiger partial charge in [-0.2, -0.15) is 5.10 Å². The van der Waals surface area contributed by atoms with Crippen LogP contribution in [0.2, 0.25) is 0 Å². The molecule has 1 saturated heterocycles. The highest BCUT2D eigenvalue weighted by molar-refractivity contribution is 7.19. The molecule has 0 atom stereocenters. The highest BCUT2D eigenvalue weighted by Crippen LogP contribution is 2.28. The normalized spacial score (nSPS) is 14.8. The first-order valence-electron chi connectivity index (χ1n) is 9.95. The van der Waals surface area contributed by atoms with Crippen LogP contribution in [0, 0.1) is 0 Å². The third-order valence-electron chi connectivity index (χ3n) is 5.29. The summed E-state index contributed by atoms with van der Waals surface area (Å²) in [5.41, 5.74) is 4.33. The van der Waals surface area contributed by atoms with Crippen molar-refractivity contribution in [2.45, 2.75) is 25.4 Å². The highest BCUT2D eigenvalue weighted by Gasteiger charge is 2.17. The molecule has 0 aromatic carbocycles. The monoisotopic (exact) mass is 421 g/mol. The van der Waals surface area contributed by atoms with E-state index in [4.69, 9.17) is 10.8 Å². The maximum atomic E-state index is 5.65. The zero-order valence-corrected chi connectivity index (χ0v) is 17.2. The smallest absolute Gasteiger partial charge is 0.183 e. The maximum absolute atomic E-state index is 5.65. The van der Waals surface area contributed by atoms with E-state index in [0.717, 1.165) is 42.6 Å². The number of hydrazine groups is 1.